The highest BCUT2D eigenvalue weighted by Gasteiger charge is 2.24. The number of esters is 1. The van der Waals surface area contributed by atoms with Gasteiger partial charge in [0.1, 0.15) is 16.9 Å². The second-order valence-corrected chi connectivity index (χ2v) is 5.19. The minimum atomic E-state index is -0.653. The molecule has 0 aliphatic carbocycles. The fraction of sp³-hybridized carbons (Fsp3) is 0.286. The largest absolute Gasteiger partial charge is 0.468 e. The Morgan fingerprint density at radius 3 is 2.65 bits per heavy atom. The van der Waals surface area contributed by atoms with E-state index in [2.05, 4.69) is 10.3 Å². The van der Waals surface area contributed by atoms with Gasteiger partial charge in [-0.3, -0.25) is 5.32 Å². The summed E-state index contributed by atoms with van der Waals surface area (Å²) >= 11 is 1.50. The summed E-state index contributed by atoms with van der Waals surface area (Å²) in [7, 11) is 1.33. The second-order valence-electron chi connectivity index (χ2n) is 4.27. The summed E-state index contributed by atoms with van der Waals surface area (Å²) in [6.45, 7) is 1.91. The fourth-order valence-corrected chi connectivity index (χ4v) is 2.50. The molecule has 0 bridgehead atoms. The quantitative estimate of drug-likeness (QED) is 0.862. The number of aromatic nitrogens is 1. The van der Waals surface area contributed by atoms with Crippen molar-refractivity contribution in [3.05, 3.63) is 52.2 Å². The molecule has 0 saturated carbocycles. The van der Waals surface area contributed by atoms with Crippen molar-refractivity contribution in [3.63, 3.8) is 0 Å². The lowest BCUT2D eigenvalue weighted by molar-refractivity contribution is -0.143. The number of rotatable bonds is 5. The Morgan fingerprint density at radius 1 is 1.40 bits per heavy atom. The molecule has 106 valence electrons. The van der Waals surface area contributed by atoms with Crippen molar-refractivity contribution < 1.29 is 13.9 Å². The predicted molar refractivity (Wildman–Crippen MR) is 74.8 cm³/mol. The smallest absolute Gasteiger partial charge is 0.327 e. The van der Waals surface area contributed by atoms with E-state index in [-0.39, 0.29) is 11.9 Å². The summed E-state index contributed by atoms with van der Waals surface area (Å²) in [5, 5.41) is 5.91. The Morgan fingerprint density at radius 2 is 2.10 bits per heavy atom. The van der Waals surface area contributed by atoms with E-state index < -0.39 is 12.0 Å². The van der Waals surface area contributed by atoms with Gasteiger partial charge in [0.25, 0.3) is 0 Å². The van der Waals surface area contributed by atoms with Crippen LogP contribution in [0.5, 0.6) is 0 Å². The number of ether oxygens (including phenoxy) is 1. The van der Waals surface area contributed by atoms with Gasteiger partial charge in [-0.25, -0.2) is 14.2 Å². The molecule has 20 heavy (non-hydrogen) atoms. The Labute approximate surface area is 120 Å². The average molecular weight is 294 g/mol. The third-order valence-corrected chi connectivity index (χ3v) is 3.84. The molecule has 6 heteroatoms. The van der Waals surface area contributed by atoms with Crippen molar-refractivity contribution in [1.82, 2.24) is 10.3 Å². The van der Waals surface area contributed by atoms with Crippen molar-refractivity contribution >= 4 is 17.3 Å². The van der Waals surface area contributed by atoms with Crippen molar-refractivity contribution in [1.29, 1.82) is 0 Å². The van der Waals surface area contributed by atoms with E-state index in [4.69, 9.17) is 4.74 Å². The van der Waals surface area contributed by atoms with Crippen molar-refractivity contribution in [2.24, 2.45) is 0 Å². The van der Waals surface area contributed by atoms with Gasteiger partial charge in [0.05, 0.1) is 13.2 Å². The Balaban J connectivity index is 2.20. The van der Waals surface area contributed by atoms with Crippen molar-refractivity contribution in [2.45, 2.75) is 19.0 Å². The summed E-state index contributed by atoms with van der Waals surface area (Å²) in [4.78, 5) is 16.1. The fourth-order valence-electron chi connectivity index (χ4n) is 1.84. The lowest BCUT2D eigenvalue weighted by Crippen LogP contribution is -2.31. The van der Waals surface area contributed by atoms with Crippen molar-refractivity contribution in [3.8, 4) is 0 Å². The van der Waals surface area contributed by atoms with Crippen LogP contribution in [0.3, 0.4) is 0 Å². The van der Waals surface area contributed by atoms with Gasteiger partial charge in [-0.05, 0) is 24.6 Å². The number of halogens is 1. The van der Waals surface area contributed by atoms with Crippen LogP contribution in [0.25, 0.3) is 0 Å². The maximum atomic E-state index is 13.0. The SMILES string of the molecule is COC(=O)[C@H](N[C@@H](C)c1nccs1)c1ccc(F)cc1. The Bertz CT molecular complexity index is 557. The first kappa shape index (κ1) is 14.6. The highest BCUT2D eigenvalue weighted by atomic mass is 32.1. The summed E-state index contributed by atoms with van der Waals surface area (Å²) in [6.07, 6.45) is 1.71. The minimum absolute atomic E-state index is 0.107. The molecule has 0 fully saturated rings. The molecule has 2 aromatic rings. The number of benzene rings is 1. The van der Waals surface area contributed by atoms with E-state index in [0.717, 1.165) is 5.01 Å². The first-order valence-corrected chi connectivity index (χ1v) is 6.98. The normalized spacial score (nSPS) is 13.8. The van der Waals surface area contributed by atoms with Gasteiger partial charge in [-0.1, -0.05) is 12.1 Å². The van der Waals surface area contributed by atoms with Crippen LogP contribution in [0.4, 0.5) is 4.39 Å². The van der Waals surface area contributed by atoms with Gasteiger partial charge in [-0.2, -0.15) is 0 Å². The number of carbonyl (C=O) groups is 1. The minimum Gasteiger partial charge on any atom is -0.468 e. The average Bonchev–Trinajstić information content (AvgIpc) is 2.99. The number of nitrogens with zero attached hydrogens (tertiary/aromatic N) is 1. The Kier molecular flexibility index (Phi) is 4.81. The molecule has 0 unspecified atom stereocenters. The topological polar surface area (TPSA) is 51.2 Å². The molecule has 1 aromatic heterocycles. The lowest BCUT2D eigenvalue weighted by atomic mass is 10.1. The predicted octanol–water partition coefficient (Wildman–Crippen LogP) is 2.85. The molecule has 2 atom stereocenters. The van der Waals surface area contributed by atoms with E-state index in [9.17, 15) is 9.18 Å². The Hall–Kier alpha value is -1.79. The van der Waals surface area contributed by atoms with Crippen LogP contribution in [0.15, 0.2) is 35.8 Å². The standard InChI is InChI=1S/C14H15FN2O2S/c1-9(13-16-7-8-20-13)17-12(14(18)19-2)10-3-5-11(15)6-4-10/h3-9,12,17H,1-2H3/t9-,12+/m0/s1. The van der Waals surface area contributed by atoms with Gasteiger partial charge in [0, 0.05) is 11.6 Å². The van der Waals surface area contributed by atoms with Crippen LogP contribution in [-0.4, -0.2) is 18.1 Å². The van der Waals surface area contributed by atoms with Gasteiger partial charge in [-0.15, -0.1) is 11.3 Å². The van der Waals surface area contributed by atoms with Crippen LogP contribution < -0.4 is 5.32 Å². The first-order valence-electron chi connectivity index (χ1n) is 6.10. The van der Waals surface area contributed by atoms with Crippen LogP contribution in [0.2, 0.25) is 0 Å². The molecule has 4 nitrogen and oxygen atoms in total. The molecular formula is C14H15FN2O2S. The van der Waals surface area contributed by atoms with E-state index in [1.807, 2.05) is 12.3 Å². The number of hydrogen-bond acceptors (Lipinski definition) is 5. The van der Waals surface area contributed by atoms with Gasteiger partial charge < -0.3 is 4.74 Å². The number of hydrogen-bond donors (Lipinski definition) is 1. The second kappa shape index (κ2) is 6.58. The molecule has 0 aliphatic heterocycles. The molecule has 0 radical (unpaired) electrons. The van der Waals surface area contributed by atoms with E-state index >= 15 is 0 Å². The maximum Gasteiger partial charge on any atom is 0.327 e. The number of carbonyl (C=O) groups excluding carboxylic acids is 1. The zero-order chi connectivity index (χ0) is 14.5. The van der Waals surface area contributed by atoms with Gasteiger partial charge in [0.15, 0.2) is 0 Å². The molecule has 1 heterocycles. The zero-order valence-electron chi connectivity index (χ0n) is 11.2. The number of methoxy groups -OCH3 is 1. The monoisotopic (exact) mass is 294 g/mol. The van der Waals surface area contributed by atoms with Crippen molar-refractivity contribution in [2.75, 3.05) is 7.11 Å². The molecule has 0 spiro atoms. The molecule has 2 rings (SSSR count). The molecule has 0 saturated heterocycles. The zero-order valence-corrected chi connectivity index (χ0v) is 12.0. The number of thiazole rings is 1. The van der Waals surface area contributed by atoms with Crippen LogP contribution in [0, 0.1) is 5.82 Å². The van der Waals surface area contributed by atoms with E-state index in [1.54, 1.807) is 18.3 Å². The maximum absolute atomic E-state index is 13.0. The third-order valence-electron chi connectivity index (χ3n) is 2.88. The first-order chi connectivity index (χ1) is 9.61. The highest BCUT2D eigenvalue weighted by Crippen LogP contribution is 2.22. The summed E-state index contributed by atoms with van der Waals surface area (Å²) in [6, 6.07) is 5.02. The lowest BCUT2D eigenvalue weighted by Gasteiger charge is -2.20. The third kappa shape index (κ3) is 3.40. The molecule has 1 aromatic carbocycles. The molecule has 1 N–H and O–H groups in total. The summed E-state index contributed by atoms with van der Waals surface area (Å²) < 4.78 is 17.8. The van der Waals surface area contributed by atoms with Crippen LogP contribution >= 0.6 is 11.3 Å². The van der Waals surface area contributed by atoms with E-state index in [0.29, 0.717) is 5.56 Å². The highest BCUT2D eigenvalue weighted by molar-refractivity contribution is 7.09. The van der Waals surface area contributed by atoms with Crippen LogP contribution in [-0.2, 0) is 9.53 Å². The summed E-state index contributed by atoms with van der Waals surface area (Å²) in [5.74, 6) is -0.759. The van der Waals surface area contributed by atoms with E-state index in [1.165, 1.54) is 30.6 Å². The number of nitrogens with one attached hydrogen (secondary N) is 1. The molecule has 0 amide bonds. The van der Waals surface area contributed by atoms with Gasteiger partial charge >= 0.3 is 5.97 Å². The van der Waals surface area contributed by atoms with Gasteiger partial charge in [0.2, 0.25) is 0 Å². The summed E-state index contributed by atoms with van der Waals surface area (Å²) in [5.41, 5.74) is 0.654. The van der Waals surface area contributed by atoms with Crippen LogP contribution in [0.1, 0.15) is 29.6 Å². The molecule has 0 aliphatic rings. The molecular weight excluding hydrogens is 279 g/mol.